The number of ether oxygens (including phenoxy) is 3. The van der Waals surface area contributed by atoms with Crippen LogP contribution in [0.2, 0.25) is 5.02 Å². The number of rotatable bonds is 10. The van der Waals surface area contributed by atoms with E-state index in [1.165, 1.54) is 0 Å². The number of hydrogen-bond acceptors (Lipinski definition) is 4. The molecule has 0 unspecified atom stereocenters. The molecular weight excluding hydrogens is 414 g/mol. The van der Waals surface area contributed by atoms with Gasteiger partial charge in [-0.15, -0.1) is 0 Å². The van der Waals surface area contributed by atoms with Crippen molar-refractivity contribution in [3.63, 3.8) is 0 Å². The van der Waals surface area contributed by atoms with E-state index in [1.54, 1.807) is 43.5 Å². The van der Waals surface area contributed by atoms with Crippen molar-refractivity contribution in [1.82, 2.24) is 0 Å². The normalized spacial score (nSPS) is 10.5. The minimum absolute atomic E-state index is 0.280. The number of methoxy groups -OCH3 is 1. The molecule has 6 heteroatoms. The standard InChI is InChI=1S/C25H26ClNO4/c1-3-4-14-30-17-19-15-18(10-12-23(19)29-2)25(28)27-22-16-20(26)11-13-24(22)31-21-8-6-5-7-9-21/h5-13,15-16H,3-4,14,17H2,1-2H3,(H,27,28). The van der Waals surface area contributed by atoms with Gasteiger partial charge < -0.3 is 19.5 Å². The summed E-state index contributed by atoms with van der Waals surface area (Å²) in [5.41, 5.74) is 1.79. The van der Waals surface area contributed by atoms with Crippen molar-refractivity contribution in [3.8, 4) is 17.2 Å². The lowest BCUT2D eigenvalue weighted by Gasteiger charge is -2.14. The quantitative estimate of drug-likeness (QED) is 0.356. The summed E-state index contributed by atoms with van der Waals surface area (Å²) >= 11 is 6.16. The van der Waals surface area contributed by atoms with Crippen molar-refractivity contribution in [1.29, 1.82) is 0 Å². The monoisotopic (exact) mass is 439 g/mol. The Balaban J connectivity index is 1.78. The average Bonchev–Trinajstić information content (AvgIpc) is 2.79. The molecule has 0 heterocycles. The van der Waals surface area contributed by atoms with E-state index in [1.807, 2.05) is 30.3 Å². The molecule has 162 valence electrons. The Hall–Kier alpha value is -3.02. The molecule has 3 aromatic carbocycles. The molecule has 0 fully saturated rings. The number of carbonyl (C=O) groups is 1. The molecule has 0 aliphatic carbocycles. The number of anilines is 1. The first-order valence-corrected chi connectivity index (χ1v) is 10.6. The van der Waals surface area contributed by atoms with Crippen LogP contribution in [-0.4, -0.2) is 19.6 Å². The lowest BCUT2D eigenvalue weighted by molar-refractivity contribution is 0.102. The lowest BCUT2D eigenvalue weighted by Crippen LogP contribution is -2.13. The van der Waals surface area contributed by atoms with E-state index >= 15 is 0 Å². The second-order valence-electron chi connectivity index (χ2n) is 6.94. The van der Waals surface area contributed by atoms with Gasteiger partial charge in [-0.2, -0.15) is 0 Å². The van der Waals surface area contributed by atoms with E-state index in [0.29, 0.717) is 46.7 Å². The number of hydrogen-bond donors (Lipinski definition) is 1. The van der Waals surface area contributed by atoms with Gasteiger partial charge in [0.2, 0.25) is 0 Å². The summed E-state index contributed by atoms with van der Waals surface area (Å²) in [7, 11) is 1.60. The molecule has 3 rings (SSSR count). The summed E-state index contributed by atoms with van der Waals surface area (Å²) in [5.74, 6) is 1.57. The third-order valence-corrected chi connectivity index (χ3v) is 4.84. The molecule has 0 atom stereocenters. The van der Waals surface area contributed by atoms with Crippen LogP contribution < -0.4 is 14.8 Å². The second kappa shape index (κ2) is 11.4. The van der Waals surface area contributed by atoms with Crippen LogP contribution in [0.25, 0.3) is 0 Å². The van der Waals surface area contributed by atoms with Crippen LogP contribution in [-0.2, 0) is 11.3 Å². The molecular formula is C25H26ClNO4. The molecule has 0 aliphatic rings. The highest BCUT2D eigenvalue weighted by Gasteiger charge is 2.14. The van der Waals surface area contributed by atoms with Gasteiger partial charge in [0.15, 0.2) is 5.75 Å². The van der Waals surface area contributed by atoms with Gasteiger partial charge in [0.25, 0.3) is 5.91 Å². The summed E-state index contributed by atoms with van der Waals surface area (Å²) in [6.07, 6.45) is 2.05. The maximum Gasteiger partial charge on any atom is 0.255 e. The number of carbonyl (C=O) groups excluding carboxylic acids is 1. The van der Waals surface area contributed by atoms with Crippen LogP contribution in [0.15, 0.2) is 66.7 Å². The van der Waals surface area contributed by atoms with E-state index in [4.69, 9.17) is 25.8 Å². The van der Waals surface area contributed by atoms with Gasteiger partial charge in [0, 0.05) is 22.8 Å². The smallest absolute Gasteiger partial charge is 0.255 e. The first-order chi connectivity index (χ1) is 15.1. The summed E-state index contributed by atoms with van der Waals surface area (Å²) in [4.78, 5) is 13.0. The lowest BCUT2D eigenvalue weighted by atomic mass is 10.1. The van der Waals surface area contributed by atoms with Crippen molar-refractivity contribution < 1.29 is 19.0 Å². The average molecular weight is 440 g/mol. The second-order valence-corrected chi connectivity index (χ2v) is 7.38. The molecule has 0 saturated carbocycles. The van der Waals surface area contributed by atoms with Crippen molar-refractivity contribution in [3.05, 3.63) is 82.9 Å². The van der Waals surface area contributed by atoms with E-state index in [-0.39, 0.29) is 5.91 Å². The largest absolute Gasteiger partial charge is 0.496 e. The Morgan fingerprint density at radius 2 is 1.77 bits per heavy atom. The van der Waals surface area contributed by atoms with Crippen LogP contribution in [0.4, 0.5) is 5.69 Å². The number of halogens is 1. The van der Waals surface area contributed by atoms with Crippen molar-refractivity contribution in [2.75, 3.05) is 19.0 Å². The van der Waals surface area contributed by atoms with Crippen LogP contribution in [0.3, 0.4) is 0 Å². The summed E-state index contributed by atoms with van der Waals surface area (Å²) in [6, 6.07) is 19.7. The molecule has 0 aliphatic heterocycles. The molecule has 5 nitrogen and oxygen atoms in total. The zero-order chi connectivity index (χ0) is 22.1. The summed E-state index contributed by atoms with van der Waals surface area (Å²) < 4.78 is 17.0. The fourth-order valence-electron chi connectivity index (χ4n) is 2.96. The van der Waals surface area contributed by atoms with Gasteiger partial charge in [-0.1, -0.05) is 43.1 Å². The Morgan fingerprint density at radius 3 is 2.52 bits per heavy atom. The molecule has 1 N–H and O–H groups in total. The van der Waals surface area contributed by atoms with Gasteiger partial charge in [-0.25, -0.2) is 0 Å². The highest BCUT2D eigenvalue weighted by atomic mass is 35.5. The number of para-hydroxylation sites is 1. The molecule has 0 radical (unpaired) electrons. The Labute approximate surface area is 187 Å². The molecule has 0 spiro atoms. The Morgan fingerprint density at radius 1 is 1.00 bits per heavy atom. The highest BCUT2D eigenvalue weighted by Crippen LogP contribution is 2.32. The first-order valence-electron chi connectivity index (χ1n) is 10.2. The fourth-order valence-corrected chi connectivity index (χ4v) is 3.13. The van der Waals surface area contributed by atoms with Crippen molar-refractivity contribution >= 4 is 23.2 Å². The topological polar surface area (TPSA) is 56.8 Å². The van der Waals surface area contributed by atoms with Gasteiger partial charge in [-0.05, 0) is 55.0 Å². The SMILES string of the molecule is CCCCOCc1cc(C(=O)Nc2cc(Cl)ccc2Oc2ccccc2)ccc1OC. The highest BCUT2D eigenvalue weighted by molar-refractivity contribution is 6.31. The summed E-state index contributed by atoms with van der Waals surface area (Å²) in [5, 5.41) is 3.39. The minimum Gasteiger partial charge on any atom is -0.496 e. The molecule has 31 heavy (non-hydrogen) atoms. The van der Waals surface area contributed by atoms with Gasteiger partial charge in [0.1, 0.15) is 11.5 Å². The Bertz CT molecular complexity index is 1010. The molecule has 0 aromatic heterocycles. The first kappa shape index (κ1) is 22.7. The number of nitrogens with one attached hydrogen (secondary N) is 1. The third kappa shape index (κ3) is 6.48. The molecule has 0 bridgehead atoms. The predicted molar refractivity (Wildman–Crippen MR) is 123 cm³/mol. The Kier molecular flexibility index (Phi) is 8.33. The van der Waals surface area contributed by atoms with Gasteiger partial charge in [-0.3, -0.25) is 4.79 Å². The molecule has 1 amide bonds. The van der Waals surface area contributed by atoms with Gasteiger partial charge >= 0.3 is 0 Å². The number of benzene rings is 3. The van der Waals surface area contributed by atoms with Crippen molar-refractivity contribution in [2.24, 2.45) is 0 Å². The number of amides is 1. The van der Waals surface area contributed by atoms with Crippen LogP contribution >= 0.6 is 11.6 Å². The zero-order valence-electron chi connectivity index (χ0n) is 17.7. The fraction of sp³-hybridized carbons (Fsp3) is 0.240. The van der Waals surface area contributed by atoms with E-state index < -0.39 is 0 Å². The van der Waals surface area contributed by atoms with E-state index in [2.05, 4.69) is 12.2 Å². The van der Waals surface area contributed by atoms with E-state index in [9.17, 15) is 4.79 Å². The van der Waals surface area contributed by atoms with Crippen LogP contribution in [0, 0.1) is 0 Å². The maximum atomic E-state index is 13.0. The van der Waals surface area contributed by atoms with Crippen molar-refractivity contribution in [2.45, 2.75) is 26.4 Å². The maximum absolute atomic E-state index is 13.0. The third-order valence-electron chi connectivity index (χ3n) is 4.60. The zero-order valence-corrected chi connectivity index (χ0v) is 18.4. The van der Waals surface area contributed by atoms with E-state index in [0.717, 1.165) is 18.4 Å². The molecule has 0 saturated heterocycles. The summed E-state index contributed by atoms with van der Waals surface area (Å²) in [6.45, 7) is 3.16. The van der Waals surface area contributed by atoms with Gasteiger partial charge in [0.05, 0.1) is 19.4 Å². The number of unbranched alkanes of at least 4 members (excludes halogenated alkanes) is 1. The molecule has 3 aromatic rings. The predicted octanol–water partition coefficient (Wildman–Crippen LogP) is 6.71. The van der Waals surface area contributed by atoms with Crippen LogP contribution in [0.5, 0.6) is 17.2 Å². The minimum atomic E-state index is -0.280. The van der Waals surface area contributed by atoms with Crippen LogP contribution in [0.1, 0.15) is 35.7 Å².